The van der Waals surface area contributed by atoms with Crippen molar-refractivity contribution >= 4 is 16.7 Å². The Morgan fingerprint density at radius 1 is 1.00 bits per heavy atom. The van der Waals surface area contributed by atoms with Crippen molar-refractivity contribution in [3.05, 3.63) is 70.3 Å². The summed E-state index contributed by atoms with van der Waals surface area (Å²) < 4.78 is 3.45. The molecule has 0 fully saturated rings. The van der Waals surface area contributed by atoms with Gasteiger partial charge in [0, 0.05) is 0 Å². The van der Waals surface area contributed by atoms with Gasteiger partial charge in [-0.15, -0.1) is 10.2 Å². The molecule has 2 aromatic carbocycles. The van der Waals surface area contributed by atoms with Gasteiger partial charge in [-0.05, 0) is 49.2 Å². The molecule has 0 spiro atoms. The van der Waals surface area contributed by atoms with Crippen LogP contribution in [0.3, 0.4) is 0 Å². The SMILES string of the molecule is Cc1ccc(-n2c(=O)c3ccccc3n3cnnc23)cc1C. The van der Waals surface area contributed by atoms with E-state index in [-0.39, 0.29) is 5.56 Å². The van der Waals surface area contributed by atoms with Gasteiger partial charge in [0.2, 0.25) is 5.78 Å². The Morgan fingerprint density at radius 2 is 1.82 bits per heavy atom. The summed E-state index contributed by atoms with van der Waals surface area (Å²) in [6, 6.07) is 13.4. The molecular formula is C17H14N4O. The molecule has 0 N–H and O–H groups in total. The van der Waals surface area contributed by atoms with Gasteiger partial charge in [-0.1, -0.05) is 18.2 Å². The zero-order valence-electron chi connectivity index (χ0n) is 12.3. The smallest absolute Gasteiger partial charge is 0.267 e. The first kappa shape index (κ1) is 12.8. The largest absolute Gasteiger partial charge is 0.268 e. The van der Waals surface area contributed by atoms with E-state index in [1.165, 1.54) is 5.56 Å². The van der Waals surface area contributed by atoms with Crippen LogP contribution in [0, 0.1) is 13.8 Å². The van der Waals surface area contributed by atoms with Crippen LogP contribution in [0.1, 0.15) is 11.1 Å². The van der Waals surface area contributed by atoms with Crippen LogP contribution in [-0.2, 0) is 0 Å². The number of aryl methyl sites for hydroxylation is 2. The number of nitrogens with zero attached hydrogens (tertiary/aromatic N) is 4. The van der Waals surface area contributed by atoms with Crippen molar-refractivity contribution in [1.29, 1.82) is 0 Å². The summed E-state index contributed by atoms with van der Waals surface area (Å²) in [5, 5.41) is 8.75. The van der Waals surface area contributed by atoms with Gasteiger partial charge in [0.1, 0.15) is 6.33 Å². The minimum atomic E-state index is -0.0839. The highest BCUT2D eigenvalue weighted by Gasteiger charge is 2.13. The second kappa shape index (κ2) is 4.53. The highest BCUT2D eigenvalue weighted by atomic mass is 16.1. The molecule has 2 aromatic heterocycles. The van der Waals surface area contributed by atoms with E-state index in [1.807, 2.05) is 53.8 Å². The summed E-state index contributed by atoms with van der Waals surface area (Å²) in [5.41, 5.74) is 3.86. The fourth-order valence-electron chi connectivity index (χ4n) is 2.72. The van der Waals surface area contributed by atoms with Crippen LogP contribution >= 0.6 is 0 Å². The predicted octanol–water partition coefficient (Wildman–Crippen LogP) is 2.65. The number of hydrogen-bond donors (Lipinski definition) is 0. The Kier molecular flexibility index (Phi) is 2.63. The Morgan fingerprint density at radius 3 is 2.64 bits per heavy atom. The quantitative estimate of drug-likeness (QED) is 0.541. The summed E-state index contributed by atoms with van der Waals surface area (Å²) in [6.07, 6.45) is 1.63. The van der Waals surface area contributed by atoms with Crippen LogP contribution in [-0.4, -0.2) is 19.2 Å². The van der Waals surface area contributed by atoms with Crippen molar-refractivity contribution in [3.63, 3.8) is 0 Å². The number of aromatic nitrogens is 4. The van der Waals surface area contributed by atoms with Crippen LogP contribution in [0.25, 0.3) is 22.4 Å². The van der Waals surface area contributed by atoms with Gasteiger partial charge in [0.15, 0.2) is 0 Å². The topological polar surface area (TPSA) is 52.2 Å². The maximum absolute atomic E-state index is 12.9. The van der Waals surface area contributed by atoms with Gasteiger partial charge >= 0.3 is 0 Å². The van der Waals surface area contributed by atoms with Gasteiger partial charge in [0.05, 0.1) is 16.6 Å². The fourth-order valence-corrected chi connectivity index (χ4v) is 2.72. The normalized spacial score (nSPS) is 11.4. The monoisotopic (exact) mass is 290 g/mol. The summed E-state index contributed by atoms with van der Waals surface area (Å²) in [6.45, 7) is 4.08. The Bertz CT molecular complexity index is 1080. The molecule has 22 heavy (non-hydrogen) atoms. The molecule has 0 aliphatic rings. The van der Waals surface area contributed by atoms with E-state index < -0.39 is 0 Å². The van der Waals surface area contributed by atoms with E-state index in [0.717, 1.165) is 16.8 Å². The van der Waals surface area contributed by atoms with Gasteiger partial charge in [-0.2, -0.15) is 0 Å². The van der Waals surface area contributed by atoms with Crippen molar-refractivity contribution in [2.45, 2.75) is 13.8 Å². The van der Waals surface area contributed by atoms with Crippen molar-refractivity contribution in [2.75, 3.05) is 0 Å². The zero-order valence-corrected chi connectivity index (χ0v) is 12.3. The molecule has 0 saturated carbocycles. The molecule has 4 aromatic rings. The fraction of sp³-hybridized carbons (Fsp3) is 0.118. The first-order valence-electron chi connectivity index (χ1n) is 7.08. The molecule has 0 radical (unpaired) electrons. The van der Waals surface area contributed by atoms with E-state index in [9.17, 15) is 4.79 Å². The molecule has 0 aliphatic heterocycles. The Balaban J connectivity index is 2.20. The van der Waals surface area contributed by atoms with Crippen molar-refractivity contribution in [3.8, 4) is 5.69 Å². The molecule has 5 nitrogen and oxygen atoms in total. The summed E-state index contributed by atoms with van der Waals surface area (Å²) >= 11 is 0. The van der Waals surface area contributed by atoms with E-state index in [0.29, 0.717) is 11.2 Å². The Hall–Kier alpha value is -2.95. The zero-order chi connectivity index (χ0) is 15.3. The predicted molar refractivity (Wildman–Crippen MR) is 85.6 cm³/mol. The first-order chi connectivity index (χ1) is 10.7. The van der Waals surface area contributed by atoms with Gasteiger partial charge < -0.3 is 0 Å². The van der Waals surface area contributed by atoms with Gasteiger partial charge in [-0.3, -0.25) is 9.20 Å². The number of fused-ring (bicyclic) bond motifs is 3. The third kappa shape index (κ3) is 1.69. The lowest BCUT2D eigenvalue weighted by atomic mass is 10.1. The molecule has 5 heteroatoms. The van der Waals surface area contributed by atoms with Crippen LogP contribution in [0.2, 0.25) is 0 Å². The molecule has 0 bridgehead atoms. The minimum Gasteiger partial charge on any atom is -0.268 e. The number of rotatable bonds is 1. The maximum atomic E-state index is 12.9. The van der Waals surface area contributed by atoms with Gasteiger partial charge in [-0.25, -0.2) is 4.57 Å². The maximum Gasteiger partial charge on any atom is 0.267 e. The van der Waals surface area contributed by atoms with E-state index in [1.54, 1.807) is 10.9 Å². The van der Waals surface area contributed by atoms with Crippen LogP contribution in [0.15, 0.2) is 53.6 Å². The molecule has 108 valence electrons. The van der Waals surface area contributed by atoms with Gasteiger partial charge in [0.25, 0.3) is 5.56 Å². The number of hydrogen-bond acceptors (Lipinski definition) is 3. The average molecular weight is 290 g/mol. The highest BCUT2D eigenvalue weighted by Crippen LogP contribution is 2.17. The van der Waals surface area contributed by atoms with E-state index in [4.69, 9.17) is 0 Å². The molecule has 0 unspecified atom stereocenters. The molecule has 4 rings (SSSR count). The molecule has 0 aliphatic carbocycles. The second-order valence-electron chi connectivity index (χ2n) is 5.43. The molecular weight excluding hydrogens is 276 g/mol. The molecule has 2 heterocycles. The van der Waals surface area contributed by atoms with Crippen molar-refractivity contribution in [2.24, 2.45) is 0 Å². The third-order valence-electron chi connectivity index (χ3n) is 4.08. The highest BCUT2D eigenvalue weighted by molar-refractivity contribution is 5.80. The Labute approximate surface area is 126 Å². The minimum absolute atomic E-state index is 0.0839. The molecule has 0 atom stereocenters. The van der Waals surface area contributed by atoms with Crippen molar-refractivity contribution in [1.82, 2.24) is 19.2 Å². The lowest BCUT2D eigenvalue weighted by Crippen LogP contribution is -2.21. The standard InChI is InChI=1S/C17H14N4O/c1-11-7-8-13(9-12(11)2)21-16(22)14-5-3-4-6-15(14)20-10-18-19-17(20)21/h3-10H,1-2H3. The molecule has 0 saturated heterocycles. The summed E-state index contributed by atoms with van der Waals surface area (Å²) in [5.74, 6) is 0.520. The van der Waals surface area contributed by atoms with Crippen LogP contribution < -0.4 is 5.56 Å². The lowest BCUT2D eigenvalue weighted by molar-refractivity contribution is 0.963. The average Bonchev–Trinajstić information content (AvgIpc) is 3.00. The van der Waals surface area contributed by atoms with Crippen molar-refractivity contribution < 1.29 is 0 Å². The first-order valence-corrected chi connectivity index (χ1v) is 7.08. The third-order valence-corrected chi connectivity index (χ3v) is 4.08. The second-order valence-corrected chi connectivity index (χ2v) is 5.43. The van der Waals surface area contributed by atoms with Crippen LogP contribution in [0.4, 0.5) is 0 Å². The lowest BCUT2D eigenvalue weighted by Gasteiger charge is -2.11. The summed E-state index contributed by atoms with van der Waals surface area (Å²) in [7, 11) is 0. The number of benzene rings is 2. The molecule has 0 amide bonds. The van der Waals surface area contributed by atoms with E-state index in [2.05, 4.69) is 17.1 Å². The summed E-state index contributed by atoms with van der Waals surface area (Å²) in [4.78, 5) is 12.9. The van der Waals surface area contributed by atoms with Crippen LogP contribution in [0.5, 0.6) is 0 Å². The van der Waals surface area contributed by atoms with E-state index >= 15 is 0 Å². The number of para-hydroxylation sites is 1.